The second-order valence-electron chi connectivity index (χ2n) is 7.01. The molecule has 1 heterocycles. The van der Waals surface area contributed by atoms with E-state index >= 15 is 0 Å². The van der Waals surface area contributed by atoms with E-state index in [1.54, 1.807) is 19.1 Å². The van der Waals surface area contributed by atoms with E-state index in [0.717, 1.165) is 5.56 Å². The highest BCUT2D eigenvalue weighted by atomic mass is 16.5. The van der Waals surface area contributed by atoms with Crippen LogP contribution < -0.4 is 20.4 Å². The van der Waals surface area contributed by atoms with Gasteiger partial charge in [-0.1, -0.05) is 30.3 Å². The summed E-state index contributed by atoms with van der Waals surface area (Å²) >= 11 is 0. The Labute approximate surface area is 174 Å². The van der Waals surface area contributed by atoms with Crippen molar-refractivity contribution in [2.24, 2.45) is 0 Å². The van der Waals surface area contributed by atoms with E-state index in [4.69, 9.17) is 13.9 Å². The van der Waals surface area contributed by atoms with E-state index < -0.39 is 11.7 Å². The van der Waals surface area contributed by atoms with Crippen molar-refractivity contribution in [3.05, 3.63) is 69.6 Å². The third-order valence-corrected chi connectivity index (χ3v) is 5.02. The lowest BCUT2D eigenvalue weighted by Gasteiger charge is -2.17. The molecule has 158 valence electrons. The Morgan fingerprint density at radius 3 is 2.53 bits per heavy atom. The largest absolute Gasteiger partial charge is 0.496 e. The molecule has 0 unspecified atom stereocenters. The Bertz CT molecular complexity index is 1090. The molecule has 3 aromatic rings. The first kappa shape index (κ1) is 21.4. The summed E-state index contributed by atoms with van der Waals surface area (Å²) in [6.07, 6.45) is 0.326. The van der Waals surface area contributed by atoms with Gasteiger partial charge in [0.05, 0.1) is 44.2 Å². The number of aliphatic hydroxyl groups excluding tert-OH is 1. The molecule has 1 atom stereocenters. The molecule has 0 bridgehead atoms. The highest BCUT2D eigenvalue weighted by molar-refractivity contribution is 5.90. The Hall–Kier alpha value is -3.32. The summed E-state index contributed by atoms with van der Waals surface area (Å²) in [4.78, 5) is 25.2. The molecule has 1 amide bonds. The quantitative estimate of drug-likeness (QED) is 0.553. The molecule has 0 saturated carbocycles. The average Bonchev–Trinajstić information content (AvgIpc) is 2.75. The van der Waals surface area contributed by atoms with E-state index in [2.05, 4.69) is 5.32 Å². The normalized spacial score (nSPS) is 11.9. The number of hydrogen-bond donors (Lipinski definition) is 2. The van der Waals surface area contributed by atoms with Gasteiger partial charge in [0.25, 0.3) is 0 Å². The van der Waals surface area contributed by atoms with Gasteiger partial charge in [-0.25, -0.2) is 4.79 Å². The lowest BCUT2D eigenvalue weighted by Crippen LogP contribution is -2.40. The summed E-state index contributed by atoms with van der Waals surface area (Å²) in [5.74, 6) is 0.621. The number of methoxy groups -OCH3 is 2. The van der Waals surface area contributed by atoms with Gasteiger partial charge in [0.2, 0.25) is 5.91 Å². The molecule has 0 aliphatic rings. The summed E-state index contributed by atoms with van der Waals surface area (Å²) < 4.78 is 16.1. The zero-order chi connectivity index (χ0) is 21.7. The second-order valence-corrected chi connectivity index (χ2v) is 7.01. The summed E-state index contributed by atoms with van der Waals surface area (Å²) in [5.41, 5.74) is 1.60. The molecule has 0 aliphatic heterocycles. The maximum atomic E-state index is 12.6. The van der Waals surface area contributed by atoms with Crippen LogP contribution in [0, 0.1) is 6.92 Å². The van der Waals surface area contributed by atoms with Crippen molar-refractivity contribution in [2.45, 2.75) is 25.8 Å². The molecule has 2 aromatic carbocycles. The Morgan fingerprint density at radius 1 is 1.17 bits per heavy atom. The number of nitrogens with one attached hydrogen (secondary N) is 1. The predicted octanol–water partition coefficient (Wildman–Crippen LogP) is 2.38. The number of aryl methyl sites for hydroxylation is 1. The highest BCUT2D eigenvalue weighted by Crippen LogP contribution is 2.33. The summed E-state index contributed by atoms with van der Waals surface area (Å²) in [6, 6.07) is 12.4. The molecule has 30 heavy (non-hydrogen) atoms. The average molecular weight is 411 g/mol. The van der Waals surface area contributed by atoms with Crippen LogP contribution in [0.3, 0.4) is 0 Å². The van der Waals surface area contributed by atoms with E-state index in [1.165, 1.54) is 14.2 Å². The van der Waals surface area contributed by atoms with Gasteiger partial charge in [-0.15, -0.1) is 0 Å². The molecule has 3 rings (SSSR count). The number of ether oxygens (including phenoxy) is 2. The van der Waals surface area contributed by atoms with Gasteiger partial charge in [0.1, 0.15) is 17.1 Å². The van der Waals surface area contributed by atoms with Crippen molar-refractivity contribution in [1.82, 2.24) is 5.32 Å². The molecular formula is C23H25NO6. The van der Waals surface area contributed by atoms with Crippen LogP contribution >= 0.6 is 0 Å². The van der Waals surface area contributed by atoms with Gasteiger partial charge in [-0.05, 0) is 24.5 Å². The smallest absolute Gasteiger partial charge is 0.340 e. The fourth-order valence-electron chi connectivity index (χ4n) is 3.46. The van der Waals surface area contributed by atoms with Crippen LogP contribution in [-0.4, -0.2) is 37.9 Å². The second kappa shape index (κ2) is 9.45. The molecule has 0 radical (unpaired) electrons. The first-order chi connectivity index (χ1) is 14.5. The van der Waals surface area contributed by atoms with Crippen molar-refractivity contribution in [3.8, 4) is 11.5 Å². The van der Waals surface area contributed by atoms with Gasteiger partial charge in [0, 0.05) is 12.1 Å². The molecule has 0 fully saturated rings. The Balaban J connectivity index is 1.85. The first-order valence-corrected chi connectivity index (χ1v) is 9.59. The van der Waals surface area contributed by atoms with Gasteiger partial charge >= 0.3 is 5.63 Å². The predicted molar refractivity (Wildman–Crippen MR) is 113 cm³/mol. The third-order valence-electron chi connectivity index (χ3n) is 5.02. The van der Waals surface area contributed by atoms with Gasteiger partial charge in [0.15, 0.2) is 0 Å². The van der Waals surface area contributed by atoms with Crippen LogP contribution in [0.1, 0.15) is 16.7 Å². The molecule has 1 aromatic heterocycles. The van der Waals surface area contributed by atoms with Crippen LogP contribution in [0.15, 0.2) is 51.7 Å². The van der Waals surface area contributed by atoms with Gasteiger partial charge in [-0.2, -0.15) is 0 Å². The maximum absolute atomic E-state index is 12.6. The fraction of sp³-hybridized carbons (Fsp3) is 0.304. The minimum atomic E-state index is -0.589. The molecule has 0 aliphatic carbocycles. The standard InChI is InChI=1S/C23H25NO6/c1-14-18(12-21(26)24-16(13-25)9-15-7-5-4-6-8-15)23(27)30-20-11-17(28-2)10-19(29-3)22(14)20/h4-8,10-11,16,25H,9,12-13H2,1-3H3,(H,24,26)/t16-/m1/s1. The summed E-state index contributed by atoms with van der Waals surface area (Å²) in [6.45, 7) is 1.55. The number of hydrogen-bond acceptors (Lipinski definition) is 6. The minimum Gasteiger partial charge on any atom is -0.496 e. The van der Waals surface area contributed by atoms with Crippen LogP contribution in [0.25, 0.3) is 11.0 Å². The number of aliphatic hydroxyl groups is 1. The zero-order valence-corrected chi connectivity index (χ0v) is 17.2. The van der Waals surface area contributed by atoms with Crippen LogP contribution in [0.5, 0.6) is 11.5 Å². The molecule has 2 N–H and O–H groups in total. The highest BCUT2D eigenvalue weighted by Gasteiger charge is 2.20. The first-order valence-electron chi connectivity index (χ1n) is 9.59. The van der Waals surface area contributed by atoms with Crippen LogP contribution in [0.2, 0.25) is 0 Å². The lowest BCUT2D eigenvalue weighted by atomic mass is 10.0. The minimum absolute atomic E-state index is 0.162. The lowest BCUT2D eigenvalue weighted by molar-refractivity contribution is -0.121. The van der Waals surface area contributed by atoms with Crippen molar-refractivity contribution in [2.75, 3.05) is 20.8 Å². The molecular weight excluding hydrogens is 386 g/mol. The third kappa shape index (κ3) is 4.63. The van der Waals surface area contributed by atoms with Crippen molar-refractivity contribution in [1.29, 1.82) is 0 Å². The zero-order valence-electron chi connectivity index (χ0n) is 17.2. The van der Waals surface area contributed by atoms with Crippen molar-refractivity contribution in [3.63, 3.8) is 0 Å². The van der Waals surface area contributed by atoms with Crippen molar-refractivity contribution < 1.29 is 23.8 Å². The van der Waals surface area contributed by atoms with E-state index in [9.17, 15) is 14.7 Å². The topological polar surface area (TPSA) is 98.0 Å². The van der Waals surface area contributed by atoms with Crippen LogP contribution in [-0.2, 0) is 17.6 Å². The van der Waals surface area contributed by atoms with E-state index in [-0.39, 0.29) is 24.5 Å². The number of rotatable bonds is 8. The molecule has 0 saturated heterocycles. The Morgan fingerprint density at radius 2 is 1.90 bits per heavy atom. The number of fused-ring (bicyclic) bond motifs is 1. The van der Waals surface area contributed by atoms with Gasteiger partial charge < -0.3 is 24.3 Å². The molecule has 7 nitrogen and oxygen atoms in total. The summed E-state index contributed by atoms with van der Waals surface area (Å²) in [5, 5.41) is 13.1. The number of benzene rings is 2. The Kier molecular flexibility index (Phi) is 6.74. The van der Waals surface area contributed by atoms with E-state index in [1.807, 2.05) is 30.3 Å². The van der Waals surface area contributed by atoms with Gasteiger partial charge in [-0.3, -0.25) is 4.79 Å². The van der Waals surface area contributed by atoms with Crippen molar-refractivity contribution >= 4 is 16.9 Å². The fourth-order valence-corrected chi connectivity index (χ4v) is 3.46. The monoisotopic (exact) mass is 411 g/mol. The number of amides is 1. The molecule has 7 heteroatoms. The number of carbonyl (C=O) groups is 1. The maximum Gasteiger partial charge on any atom is 0.340 e. The number of carbonyl (C=O) groups excluding carboxylic acids is 1. The van der Waals surface area contributed by atoms with E-state index in [0.29, 0.717) is 34.5 Å². The van der Waals surface area contributed by atoms with Crippen LogP contribution in [0.4, 0.5) is 0 Å². The SMILES string of the molecule is COc1cc(OC)c2c(C)c(CC(=O)N[C@@H](CO)Cc3ccccc3)c(=O)oc2c1. The molecule has 0 spiro atoms. The summed E-state index contributed by atoms with van der Waals surface area (Å²) in [7, 11) is 3.03.